The number of carboxylic acid groups (broad SMARTS) is 1. The Morgan fingerprint density at radius 2 is 1.89 bits per heavy atom. The summed E-state index contributed by atoms with van der Waals surface area (Å²) in [5.41, 5.74) is 2.59. The summed E-state index contributed by atoms with van der Waals surface area (Å²) in [6, 6.07) is 5.09. The Balaban J connectivity index is 2.20. The van der Waals surface area contributed by atoms with Crippen molar-refractivity contribution in [3.05, 3.63) is 45.2 Å². The van der Waals surface area contributed by atoms with E-state index < -0.39 is 5.97 Å². The number of aromatic nitrogens is 2. The lowest BCUT2D eigenvalue weighted by atomic mass is 10.2. The highest BCUT2D eigenvalue weighted by Crippen LogP contribution is 2.29. The third-order valence-electron chi connectivity index (χ3n) is 3.22. The van der Waals surface area contributed by atoms with Gasteiger partial charge in [-0.25, -0.2) is 9.48 Å². The summed E-state index contributed by atoms with van der Waals surface area (Å²) >= 11 is 12.0. The van der Waals surface area contributed by atoms with Crippen LogP contribution in [0.25, 0.3) is 5.69 Å². The fourth-order valence-corrected chi connectivity index (χ4v) is 3.00. The van der Waals surface area contributed by atoms with Crippen molar-refractivity contribution in [1.82, 2.24) is 9.78 Å². The van der Waals surface area contributed by atoms with Crippen LogP contribution < -0.4 is 0 Å². The molecule has 0 spiro atoms. The summed E-state index contributed by atoms with van der Waals surface area (Å²) < 4.78 is 1.64. The molecule has 0 saturated carbocycles. The van der Waals surface area contributed by atoms with E-state index in [0.29, 0.717) is 15.7 Å². The lowest BCUT2D eigenvalue weighted by Crippen LogP contribution is -2.04. The molecule has 1 aliphatic rings. The van der Waals surface area contributed by atoms with E-state index in [-0.39, 0.29) is 5.69 Å². The van der Waals surface area contributed by atoms with Crippen LogP contribution in [0, 0.1) is 0 Å². The van der Waals surface area contributed by atoms with Crippen molar-refractivity contribution in [3.8, 4) is 5.69 Å². The van der Waals surface area contributed by atoms with Gasteiger partial charge in [0, 0.05) is 21.3 Å². The molecule has 4 nitrogen and oxygen atoms in total. The number of hydrogen-bond acceptors (Lipinski definition) is 2. The van der Waals surface area contributed by atoms with Gasteiger partial charge in [-0.2, -0.15) is 5.10 Å². The summed E-state index contributed by atoms with van der Waals surface area (Å²) in [5.74, 6) is -0.995. The molecule has 3 rings (SSSR count). The van der Waals surface area contributed by atoms with E-state index in [1.807, 2.05) is 0 Å². The minimum absolute atomic E-state index is 0.128. The van der Waals surface area contributed by atoms with Crippen molar-refractivity contribution in [1.29, 1.82) is 0 Å². The Kier molecular flexibility index (Phi) is 2.99. The number of carboxylic acids is 1. The van der Waals surface area contributed by atoms with Crippen molar-refractivity contribution in [2.75, 3.05) is 0 Å². The number of nitrogens with zero attached hydrogens (tertiary/aromatic N) is 2. The fraction of sp³-hybridized carbons (Fsp3) is 0.231. The van der Waals surface area contributed by atoms with Gasteiger partial charge in [-0.3, -0.25) is 0 Å². The van der Waals surface area contributed by atoms with E-state index >= 15 is 0 Å². The topological polar surface area (TPSA) is 55.1 Å². The summed E-state index contributed by atoms with van der Waals surface area (Å²) in [7, 11) is 0. The average Bonchev–Trinajstić information content (AvgIpc) is 2.86. The maximum Gasteiger partial charge on any atom is 0.356 e. The minimum atomic E-state index is -0.995. The molecule has 1 aliphatic carbocycles. The molecule has 1 aromatic heterocycles. The summed E-state index contributed by atoms with van der Waals surface area (Å²) in [5, 5.41) is 14.4. The monoisotopic (exact) mass is 296 g/mol. The number of aromatic carboxylic acids is 1. The fourth-order valence-electron chi connectivity index (χ4n) is 2.48. The minimum Gasteiger partial charge on any atom is -0.476 e. The van der Waals surface area contributed by atoms with Crippen molar-refractivity contribution in [2.24, 2.45) is 0 Å². The maximum absolute atomic E-state index is 11.2. The Morgan fingerprint density at radius 1 is 1.21 bits per heavy atom. The second-order valence-electron chi connectivity index (χ2n) is 4.47. The quantitative estimate of drug-likeness (QED) is 0.924. The van der Waals surface area contributed by atoms with Gasteiger partial charge in [0.05, 0.1) is 5.69 Å². The van der Waals surface area contributed by atoms with Crippen LogP contribution in [0.1, 0.15) is 28.2 Å². The molecule has 0 fully saturated rings. The number of benzene rings is 1. The number of rotatable bonds is 2. The van der Waals surface area contributed by atoms with E-state index in [1.54, 1.807) is 22.9 Å². The van der Waals surface area contributed by atoms with Gasteiger partial charge in [0.25, 0.3) is 0 Å². The predicted octanol–water partition coefficient (Wildman–Crippen LogP) is 3.37. The molecule has 0 atom stereocenters. The molecule has 0 aliphatic heterocycles. The van der Waals surface area contributed by atoms with E-state index in [2.05, 4.69) is 5.10 Å². The van der Waals surface area contributed by atoms with Gasteiger partial charge in [0.2, 0.25) is 0 Å². The Labute approximate surface area is 119 Å². The molecular formula is C13H10Cl2N2O2. The summed E-state index contributed by atoms with van der Waals surface area (Å²) in [4.78, 5) is 11.2. The molecule has 6 heteroatoms. The zero-order chi connectivity index (χ0) is 13.6. The molecule has 0 radical (unpaired) electrons. The number of hydrogen-bond donors (Lipinski definition) is 1. The summed E-state index contributed by atoms with van der Waals surface area (Å²) in [6.07, 6.45) is 2.52. The lowest BCUT2D eigenvalue weighted by molar-refractivity contribution is 0.0689. The highest BCUT2D eigenvalue weighted by atomic mass is 35.5. The van der Waals surface area contributed by atoms with Gasteiger partial charge < -0.3 is 5.11 Å². The first-order valence-corrected chi connectivity index (χ1v) is 6.62. The molecule has 2 aromatic rings. The van der Waals surface area contributed by atoms with Gasteiger partial charge in [0.1, 0.15) is 0 Å². The highest BCUT2D eigenvalue weighted by molar-refractivity contribution is 6.34. The van der Waals surface area contributed by atoms with Crippen LogP contribution in [0.4, 0.5) is 0 Å². The van der Waals surface area contributed by atoms with E-state index in [0.717, 1.165) is 30.5 Å². The van der Waals surface area contributed by atoms with Gasteiger partial charge in [-0.05, 0) is 37.5 Å². The molecule has 0 amide bonds. The Morgan fingerprint density at radius 3 is 2.53 bits per heavy atom. The van der Waals surface area contributed by atoms with Crippen LogP contribution in [0.15, 0.2) is 18.2 Å². The number of carbonyl (C=O) groups is 1. The van der Waals surface area contributed by atoms with Crippen molar-refractivity contribution < 1.29 is 9.90 Å². The highest BCUT2D eigenvalue weighted by Gasteiger charge is 2.26. The first kappa shape index (κ1) is 12.5. The molecule has 19 heavy (non-hydrogen) atoms. The Hall–Kier alpha value is -1.52. The van der Waals surface area contributed by atoms with Gasteiger partial charge in [-0.15, -0.1) is 0 Å². The first-order valence-electron chi connectivity index (χ1n) is 5.87. The first-order chi connectivity index (χ1) is 9.06. The van der Waals surface area contributed by atoms with Gasteiger partial charge >= 0.3 is 5.97 Å². The third-order valence-corrected chi connectivity index (χ3v) is 3.66. The van der Waals surface area contributed by atoms with Crippen LogP contribution in [-0.2, 0) is 12.8 Å². The largest absolute Gasteiger partial charge is 0.476 e. The third kappa shape index (κ3) is 2.11. The maximum atomic E-state index is 11.2. The van der Waals surface area contributed by atoms with E-state index in [9.17, 15) is 9.90 Å². The van der Waals surface area contributed by atoms with Crippen molar-refractivity contribution in [3.63, 3.8) is 0 Å². The van der Waals surface area contributed by atoms with E-state index in [1.165, 1.54) is 0 Å². The summed E-state index contributed by atoms with van der Waals surface area (Å²) in [6.45, 7) is 0. The van der Waals surface area contributed by atoms with E-state index in [4.69, 9.17) is 23.2 Å². The predicted molar refractivity (Wildman–Crippen MR) is 72.6 cm³/mol. The molecule has 1 aromatic carbocycles. The molecule has 1 N–H and O–H groups in total. The van der Waals surface area contributed by atoms with Crippen molar-refractivity contribution in [2.45, 2.75) is 19.3 Å². The lowest BCUT2D eigenvalue weighted by Gasteiger charge is -2.06. The van der Waals surface area contributed by atoms with Crippen LogP contribution in [0.5, 0.6) is 0 Å². The molecule has 0 unspecified atom stereocenters. The molecule has 98 valence electrons. The molecule has 0 saturated heterocycles. The van der Waals surface area contributed by atoms with Crippen molar-refractivity contribution >= 4 is 29.2 Å². The van der Waals surface area contributed by atoms with Crippen LogP contribution in [-0.4, -0.2) is 20.9 Å². The molecular weight excluding hydrogens is 287 g/mol. The SMILES string of the molecule is O=C(O)c1nn(-c2cc(Cl)cc(Cl)c2)c2c1CCC2. The van der Waals surface area contributed by atoms with Crippen LogP contribution in [0.3, 0.4) is 0 Å². The smallest absolute Gasteiger partial charge is 0.356 e. The molecule has 0 bridgehead atoms. The second kappa shape index (κ2) is 4.54. The normalized spacial score (nSPS) is 13.6. The number of fused-ring (bicyclic) bond motifs is 1. The average molecular weight is 297 g/mol. The van der Waals surface area contributed by atoms with Gasteiger partial charge in [0.15, 0.2) is 5.69 Å². The molecule has 1 heterocycles. The van der Waals surface area contributed by atoms with Gasteiger partial charge in [-0.1, -0.05) is 23.2 Å². The van der Waals surface area contributed by atoms with Crippen LogP contribution in [0.2, 0.25) is 10.0 Å². The standard InChI is InChI=1S/C13H10Cl2N2O2/c14-7-4-8(15)6-9(5-7)17-11-3-1-2-10(11)12(16-17)13(18)19/h4-6H,1-3H2,(H,18,19). The zero-order valence-corrected chi connectivity index (χ0v) is 11.4. The van der Waals surface area contributed by atoms with Crippen LogP contribution >= 0.6 is 23.2 Å². The Bertz CT molecular complexity index is 659. The number of halogens is 2. The zero-order valence-electron chi connectivity index (χ0n) is 9.86. The second-order valence-corrected chi connectivity index (χ2v) is 5.34.